The molecule has 0 N–H and O–H groups in total. The van der Waals surface area contributed by atoms with E-state index >= 15 is 0 Å². The quantitative estimate of drug-likeness (QED) is 0.586. The molecule has 5 nitrogen and oxygen atoms in total. The summed E-state index contributed by atoms with van der Waals surface area (Å²) in [6, 6.07) is 20.6. The topological polar surface area (TPSA) is 51.5 Å². The van der Waals surface area contributed by atoms with Gasteiger partial charge < -0.3 is 9.30 Å². The van der Waals surface area contributed by atoms with Gasteiger partial charge in [-0.15, -0.1) is 0 Å². The molecule has 0 aliphatic carbocycles. The molecule has 6 heteroatoms. The molecule has 1 aliphatic rings. The third-order valence-electron chi connectivity index (χ3n) is 4.52. The van der Waals surface area contributed by atoms with Crippen LogP contribution in [0, 0.1) is 6.92 Å². The van der Waals surface area contributed by atoms with Crippen LogP contribution in [0.5, 0.6) is 5.75 Å². The van der Waals surface area contributed by atoms with Gasteiger partial charge >= 0.3 is 0 Å². The zero-order valence-electron chi connectivity index (χ0n) is 15.5. The number of para-hydroxylation sites is 1. The first-order chi connectivity index (χ1) is 13.6. The maximum absolute atomic E-state index is 12.8. The Morgan fingerprint density at radius 1 is 0.893 bits per heavy atom. The number of nitrogens with zero attached hydrogens (tertiary/aromatic N) is 2. The number of methoxy groups -OCH3 is 1. The van der Waals surface area contributed by atoms with Crippen molar-refractivity contribution in [3.8, 4) is 11.4 Å². The summed E-state index contributed by atoms with van der Waals surface area (Å²) in [4.78, 5) is 26.9. The fraction of sp³-hybridized carbons (Fsp3) is 0.0909. The second kappa shape index (κ2) is 7.40. The molecule has 2 aromatic carbocycles. The van der Waals surface area contributed by atoms with Gasteiger partial charge in [0, 0.05) is 17.1 Å². The minimum atomic E-state index is -0.304. The van der Waals surface area contributed by atoms with Crippen LogP contribution >= 0.6 is 11.8 Å². The fourth-order valence-corrected chi connectivity index (χ4v) is 3.98. The van der Waals surface area contributed by atoms with Crippen molar-refractivity contribution < 1.29 is 14.3 Å². The Labute approximate surface area is 167 Å². The van der Waals surface area contributed by atoms with Gasteiger partial charge in [0.1, 0.15) is 5.75 Å². The largest absolute Gasteiger partial charge is 0.497 e. The van der Waals surface area contributed by atoms with E-state index in [1.807, 2.05) is 54.0 Å². The average molecular weight is 390 g/mol. The van der Waals surface area contributed by atoms with Gasteiger partial charge in [0.25, 0.3) is 11.1 Å². The number of rotatable bonds is 4. The minimum absolute atomic E-state index is 0.290. The average Bonchev–Trinajstić information content (AvgIpc) is 3.21. The van der Waals surface area contributed by atoms with Crippen LogP contribution in [0.1, 0.15) is 11.4 Å². The van der Waals surface area contributed by atoms with E-state index in [0.29, 0.717) is 10.6 Å². The summed E-state index contributed by atoms with van der Waals surface area (Å²) >= 11 is 0.956. The van der Waals surface area contributed by atoms with Gasteiger partial charge in [-0.2, -0.15) is 0 Å². The van der Waals surface area contributed by atoms with Gasteiger partial charge in [0.05, 0.1) is 17.7 Å². The number of anilines is 1. The number of hydrogen-bond donors (Lipinski definition) is 0. The molecule has 2 amide bonds. The summed E-state index contributed by atoms with van der Waals surface area (Å²) in [6.07, 6.45) is 1.77. The van der Waals surface area contributed by atoms with Gasteiger partial charge in [-0.25, -0.2) is 4.90 Å². The number of ether oxygens (including phenoxy) is 1. The van der Waals surface area contributed by atoms with Crippen LogP contribution in [0.4, 0.5) is 10.5 Å². The van der Waals surface area contributed by atoms with Crippen molar-refractivity contribution in [1.29, 1.82) is 0 Å². The maximum atomic E-state index is 12.8. The zero-order valence-corrected chi connectivity index (χ0v) is 16.3. The molecule has 0 spiro atoms. The number of amides is 2. The van der Waals surface area contributed by atoms with Crippen LogP contribution in [-0.2, 0) is 4.79 Å². The Kier molecular flexibility index (Phi) is 4.79. The Hall–Kier alpha value is -3.25. The second-order valence-corrected chi connectivity index (χ2v) is 7.28. The molecule has 28 heavy (non-hydrogen) atoms. The Morgan fingerprint density at radius 3 is 2.29 bits per heavy atom. The van der Waals surface area contributed by atoms with Crippen molar-refractivity contribution in [3.63, 3.8) is 0 Å². The molecule has 1 aliphatic heterocycles. The summed E-state index contributed by atoms with van der Waals surface area (Å²) in [7, 11) is 1.63. The molecular formula is C22H18N2O3S. The van der Waals surface area contributed by atoms with E-state index in [2.05, 4.69) is 0 Å². The standard InChI is InChI=1S/C22H18N2O3S/c1-15-8-9-18(23(15)17-10-12-19(27-2)13-11-17)14-20-21(25)24(22(26)28-20)16-6-4-3-5-7-16/h3-14H,1-2H3/b20-14-. The van der Waals surface area contributed by atoms with Crippen LogP contribution in [-0.4, -0.2) is 22.8 Å². The number of benzene rings is 2. The Balaban J connectivity index is 1.70. The van der Waals surface area contributed by atoms with Crippen LogP contribution < -0.4 is 9.64 Å². The SMILES string of the molecule is COc1ccc(-n2c(C)ccc2/C=C2\SC(=O)N(c3ccccc3)C2=O)cc1. The van der Waals surface area contributed by atoms with Crippen molar-refractivity contribution in [2.24, 2.45) is 0 Å². The normalized spacial score (nSPS) is 15.5. The van der Waals surface area contributed by atoms with Crippen LogP contribution in [0.3, 0.4) is 0 Å². The molecule has 140 valence electrons. The zero-order chi connectivity index (χ0) is 19.7. The molecule has 0 saturated carbocycles. The van der Waals surface area contributed by atoms with E-state index in [1.165, 1.54) is 4.90 Å². The first kappa shape index (κ1) is 18.1. The lowest BCUT2D eigenvalue weighted by Gasteiger charge is -2.12. The fourth-order valence-electron chi connectivity index (χ4n) is 3.16. The van der Waals surface area contributed by atoms with Gasteiger partial charge in [-0.05, 0) is 73.3 Å². The van der Waals surface area contributed by atoms with Crippen LogP contribution in [0.15, 0.2) is 71.6 Å². The van der Waals surface area contributed by atoms with E-state index in [4.69, 9.17) is 4.74 Å². The molecule has 0 bridgehead atoms. The highest BCUT2D eigenvalue weighted by Crippen LogP contribution is 2.36. The second-order valence-electron chi connectivity index (χ2n) is 6.29. The highest BCUT2D eigenvalue weighted by molar-refractivity contribution is 8.19. The summed E-state index contributed by atoms with van der Waals surface area (Å²) < 4.78 is 7.26. The summed E-state index contributed by atoms with van der Waals surface area (Å²) in [6.45, 7) is 2.00. The molecule has 1 fully saturated rings. The highest BCUT2D eigenvalue weighted by atomic mass is 32.2. The van der Waals surface area contributed by atoms with Gasteiger partial charge in [-0.1, -0.05) is 18.2 Å². The minimum Gasteiger partial charge on any atom is -0.497 e. The molecule has 1 aromatic heterocycles. The monoisotopic (exact) mass is 390 g/mol. The van der Waals surface area contributed by atoms with Gasteiger partial charge in [-0.3, -0.25) is 9.59 Å². The predicted molar refractivity (Wildman–Crippen MR) is 112 cm³/mol. The molecule has 2 heterocycles. The van der Waals surface area contributed by atoms with E-state index in [0.717, 1.165) is 34.6 Å². The van der Waals surface area contributed by atoms with Crippen molar-refractivity contribution in [2.45, 2.75) is 6.92 Å². The smallest absolute Gasteiger partial charge is 0.298 e. The number of aryl methyl sites for hydroxylation is 1. The molecule has 1 saturated heterocycles. The summed E-state index contributed by atoms with van der Waals surface area (Å²) in [5.41, 5.74) is 3.40. The molecule has 0 atom stereocenters. The lowest BCUT2D eigenvalue weighted by molar-refractivity contribution is -0.113. The molecule has 4 rings (SSSR count). The van der Waals surface area contributed by atoms with Crippen molar-refractivity contribution in [1.82, 2.24) is 4.57 Å². The molecule has 0 unspecified atom stereocenters. The third kappa shape index (κ3) is 3.23. The summed E-state index contributed by atoms with van der Waals surface area (Å²) in [5, 5.41) is -0.290. The number of carbonyl (C=O) groups excluding carboxylic acids is 2. The number of carbonyl (C=O) groups is 2. The number of imide groups is 1. The maximum Gasteiger partial charge on any atom is 0.298 e. The Morgan fingerprint density at radius 2 is 1.61 bits per heavy atom. The van der Waals surface area contributed by atoms with E-state index < -0.39 is 0 Å². The number of thioether (sulfide) groups is 1. The van der Waals surface area contributed by atoms with Gasteiger partial charge in [0.15, 0.2) is 0 Å². The first-order valence-corrected chi connectivity index (χ1v) is 9.56. The summed E-state index contributed by atoms with van der Waals surface area (Å²) in [5.74, 6) is 0.473. The predicted octanol–water partition coefficient (Wildman–Crippen LogP) is 5.04. The lowest BCUT2D eigenvalue weighted by Crippen LogP contribution is -2.27. The Bertz CT molecular complexity index is 1070. The van der Waals surface area contributed by atoms with E-state index in [1.54, 1.807) is 37.5 Å². The van der Waals surface area contributed by atoms with Crippen molar-refractivity contribution in [2.75, 3.05) is 12.0 Å². The lowest BCUT2D eigenvalue weighted by atomic mass is 10.2. The molecular weight excluding hydrogens is 372 g/mol. The van der Waals surface area contributed by atoms with Crippen molar-refractivity contribution >= 4 is 34.7 Å². The first-order valence-electron chi connectivity index (χ1n) is 8.74. The van der Waals surface area contributed by atoms with Crippen LogP contribution in [0.25, 0.3) is 11.8 Å². The van der Waals surface area contributed by atoms with E-state index in [9.17, 15) is 9.59 Å². The van der Waals surface area contributed by atoms with Crippen molar-refractivity contribution in [3.05, 3.63) is 83.0 Å². The number of hydrogen-bond acceptors (Lipinski definition) is 4. The number of aromatic nitrogens is 1. The molecule has 0 radical (unpaired) electrons. The van der Waals surface area contributed by atoms with E-state index in [-0.39, 0.29) is 11.1 Å². The van der Waals surface area contributed by atoms with Crippen LogP contribution in [0.2, 0.25) is 0 Å². The third-order valence-corrected chi connectivity index (χ3v) is 5.39. The van der Waals surface area contributed by atoms with Gasteiger partial charge in [0.2, 0.25) is 0 Å². The molecule has 3 aromatic rings. The highest BCUT2D eigenvalue weighted by Gasteiger charge is 2.36.